The molecule has 0 unspecified atom stereocenters. The average Bonchev–Trinajstić information content (AvgIpc) is 2.30. The Kier molecular flexibility index (Phi) is 4.64. The first-order valence-electron chi connectivity index (χ1n) is 5.43. The molecule has 0 aliphatic carbocycles. The summed E-state index contributed by atoms with van der Waals surface area (Å²) in [6, 6.07) is 5.06. The fourth-order valence-corrected chi connectivity index (χ4v) is 1.29. The van der Waals surface area contributed by atoms with E-state index in [9.17, 15) is 4.79 Å². The summed E-state index contributed by atoms with van der Waals surface area (Å²) in [6.45, 7) is 2.75. The Bertz CT molecular complexity index is 364. The van der Waals surface area contributed by atoms with Gasteiger partial charge in [-0.25, -0.2) is 0 Å². The third-order valence-corrected chi connectivity index (χ3v) is 2.25. The average molecular weight is 222 g/mol. The molecule has 1 aromatic rings. The molecule has 88 valence electrons. The van der Waals surface area contributed by atoms with Crippen molar-refractivity contribution in [3.63, 3.8) is 0 Å². The highest BCUT2D eigenvalue weighted by Crippen LogP contribution is 2.22. The number of carbonyl (C=O) groups is 1. The molecule has 0 atom stereocenters. The molecule has 0 radical (unpaired) electrons. The van der Waals surface area contributed by atoms with Crippen LogP contribution in [0.5, 0.6) is 5.75 Å². The van der Waals surface area contributed by atoms with Crippen LogP contribution in [0.15, 0.2) is 18.2 Å². The largest absolute Gasteiger partial charge is 0.491 e. The van der Waals surface area contributed by atoms with Crippen molar-refractivity contribution in [3.05, 3.63) is 23.8 Å². The Morgan fingerprint density at radius 3 is 2.81 bits per heavy atom. The lowest BCUT2D eigenvalue weighted by atomic mass is 10.2. The minimum absolute atomic E-state index is 0.146. The van der Waals surface area contributed by atoms with E-state index in [0.29, 0.717) is 23.6 Å². The molecule has 0 spiro atoms. The van der Waals surface area contributed by atoms with Gasteiger partial charge in [0.15, 0.2) is 0 Å². The van der Waals surface area contributed by atoms with Gasteiger partial charge in [-0.1, -0.05) is 13.3 Å². The van der Waals surface area contributed by atoms with Crippen LogP contribution >= 0.6 is 0 Å². The van der Waals surface area contributed by atoms with Crippen LogP contribution in [-0.2, 0) is 0 Å². The SMILES string of the molecule is CCCCOc1ccc(C(=O)NC)cc1N. The molecule has 0 saturated heterocycles. The number of nitrogens with two attached hydrogens (primary N) is 1. The minimum Gasteiger partial charge on any atom is -0.491 e. The highest BCUT2D eigenvalue weighted by Gasteiger charge is 2.06. The Morgan fingerprint density at radius 2 is 2.25 bits per heavy atom. The van der Waals surface area contributed by atoms with Crippen LogP contribution < -0.4 is 15.8 Å². The van der Waals surface area contributed by atoms with Gasteiger partial charge in [0, 0.05) is 12.6 Å². The van der Waals surface area contributed by atoms with Gasteiger partial charge >= 0.3 is 0 Å². The van der Waals surface area contributed by atoms with Crippen LogP contribution in [0.2, 0.25) is 0 Å². The Balaban J connectivity index is 2.71. The fraction of sp³-hybridized carbons (Fsp3) is 0.417. The fourth-order valence-electron chi connectivity index (χ4n) is 1.29. The summed E-state index contributed by atoms with van der Waals surface area (Å²) < 4.78 is 5.49. The maximum atomic E-state index is 11.3. The van der Waals surface area contributed by atoms with Crippen molar-refractivity contribution in [1.82, 2.24) is 5.32 Å². The number of nitrogen functional groups attached to an aromatic ring is 1. The zero-order chi connectivity index (χ0) is 12.0. The second-order valence-electron chi connectivity index (χ2n) is 3.53. The molecule has 0 saturated carbocycles. The quantitative estimate of drug-likeness (QED) is 0.590. The van der Waals surface area contributed by atoms with Crippen LogP contribution in [0.4, 0.5) is 5.69 Å². The lowest BCUT2D eigenvalue weighted by Crippen LogP contribution is -2.17. The van der Waals surface area contributed by atoms with Gasteiger partial charge in [-0.3, -0.25) is 4.79 Å². The Morgan fingerprint density at radius 1 is 1.50 bits per heavy atom. The van der Waals surface area contributed by atoms with Gasteiger partial charge in [-0.15, -0.1) is 0 Å². The molecule has 0 aliphatic rings. The van der Waals surface area contributed by atoms with Crippen LogP contribution in [0.1, 0.15) is 30.1 Å². The van der Waals surface area contributed by atoms with Gasteiger partial charge in [0.25, 0.3) is 5.91 Å². The summed E-state index contributed by atoms with van der Waals surface area (Å²) >= 11 is 0. The second kappa shape index (κ2) is 6.00. The molecule has 1 aromatic carbocycles. The van der Waals surface area contributed by atoms with E-state index >= 15 is 0 Å². The van der Waals surface area contributed by atoms with E-state index in [4.69, 9.17) is 10.5 Å². The normalized spacial score (nSPS) is 9.88. The Hall–Kier alpha value is -1.71. The van der Waals surface area contributed by atoms with E-state index in [1.54, 1.807) is 25.2 Å². The molecule has 4 nitrogen and oxygen atoms in total. The molecule has 1 rings (SSSR count). The van der Waals surface area contributed by atoms with Crippen molar-refractivity contribution in [3.8, 4) is 5.75 Å². The van der Waals surface area contributed by atoms with Crippen molar-refractivity contribution in [2.45, 2.75) is 19.8 Å². The zero-order valence-corrected chi connectivity index (χ0v) is 9.75. The van der Waals surface area contributed by atoms with E-state index in [-0.39, 0.29) is 5.91 Å². The highest BCUT2D eigenvalue weighted by molar-refractivity contribution is 5.95. The molecular formula is C12H18N2O2. The topological polar surface area (TPSA) is 64.3 Å². The van der Waals surface area contributed by atoms with Gasteiger partial charge in [-0.05, 0) is 24.6 Å². The number of hydrogen-bond donors (Lipinski definition) is 2. The number of rotatable bonds is 5. The van der Waals surface area contributed by atoms with E-state index in [1.807, 2.05) is 0 Å². The van der Waals surface area contributed by atoms with Crippen LogP contribution in [0.3, 0.4) is 0 Å². The zero-order valence-electron chi connectivity index (χ0n) is 9.75. The number of nitrogens with one attached hydrogen (secondary N) is 1. The minimum atomic E-state index is -0.146. The Labute approximate surface area is 95.8 Å². The molecule has 0 aromatic heterocycles. The first-order valence-corrected chi connectivity index (χ1v) is 5.43. The number of unbranched alkanes of at least 4 members (excludes halogenated alkanes) is 1. The summed E-state index contributed by atoms with van der Waals surface area (Å²) in [6.07, 6.45) is 2.08. The maximum Gasteiger partial charge on any atom is 0.251 e. The molecule has 0 heterocycles. The summed E-state index contributed by atoms with van der Waals surface area (Å²) in [5.41, 5.74) is 6.83. The van der Waals surface area contributed by atoms with Gasteiger partial charge in [-0.2, -0.15) is 0 Å². The number of carbonyl (C=O) groups excluding carboxylic acids is 1. The standard InChI is InChI=1S/C12H18N2O2/c1-3-4-7-16-11-6-5-9(8-10(11)13)12(15)14-2/h5-6,8H,3-4,7,13H2,1-2H3,(H,14,15). The van der Waals surface area contributed by atoms with Crippen LogP contribution in [0, 0.1) is 0 Å². The molecule has 3 N–H and O–H groups in total. The summed E-state index contributed by atoms with van der Waals surface area (Å²) in [4.78, 5) is 11.3. The number of benzene rings is 1. The highest BCUT2D eigenvalue weighted by atomic mass is 16.5. The molecule has 0 fully saturated rings. The van der Waals surface area contributed by atoms with Crippen LogP contribution in [0.25, 0.3) is 0 Å². The number of anilines is 1. The van der Waals surface area contributed by atoms with E-state index in [1.165, 1.54) is 0 Å². The summed E-state index contributed by atoms with van der Waals surface area (Å²) in [5.74, 6) is 0.493. The molecule has 0 aliphatic heterocycles. The predicted molar refractivity (Wildman–Crippen MR) is 64.6 cm³/mol. The summed E-state index contributed by atoms with van der Waals surface area (Å²) in [7, 11) is 1.59. The van der Waals surface area contributed by atoms with E-state index < -0.39 is 0 Å². The summed E-state index contributed by atoms with van der Waals surface area (Å²) in [5, 5.41) is 2.54. The second-order valence-corrected chi connectivity index (χ2v) is 3.53. The number of amides is 1. The molecular weight excluding hydrogens is 204 g/mol. The van der Waals surface area contributed by atoms with Gasteiger partial charge < -0.3 is 15.8 Å². The molecule has 0 bridgehead atoms. The smallest absolute Gasteiger partial charge is 0.251 e. The maximum absolute atomic E-state index is 11.3. The van der Waals surface area contributed by atoms with Gasteiger partial charge in [0.2, 0.25) is 0 Å². The first-order chi connectivity index (χ1) is 7.69. The van der Waals surface area contributed by atoms with Crippen molar-refractivity contribution in [2.75, 3.05) is 19.4 Å². The van der Waals surface area contributed by atoms with Crippen molar-refractivity contribution < 1.29 is 9.53 Å². The van der Waals surface area contributed by atoms with Crippen molar-refractivity contribution in [2.24, 2.45) is 0 Å². The molecule has 4 heteroatoms. The van der Waals surface area contributed by atoms with Gasteiger partial charge in [0.1, 0.15) is 5.75 Å². The van der Waals surface area contributed by atoms with Crippen molar-refractivity contribution >= 4 is 11.6 Å². The third-order valence-electron chi connectivity index (χ3n) is 2.25. The number of hydrogen-bond acceptors (Lipinski definition) is 3. The van der Waals surface area contributed by atoms with Gasteiger partial charge in [0.05, 0.1) is 12.3 Å². The van der Waals surface area contributed by atoms with Crippen molar-refractivity contribution in [1.29, 1.82) is 0 Å². The predicted octanol–water partition coefficient (Wildman–Crippen LogP) is 1.81. The van der Waals surface area contributed by atoms with Crippen LogP contribution in [-0.4, -0.2) is 19.6 Å². The first kappa shape index (κ1) is 12.4. The third kappa shape index (κ3) is 3.15. The number of ether oxygens (including phenoxy) is 1. The van der Waals surface area contributed by atoms with E-state index in [2.05, 4.69) is 12.2 Å². The van der Waals surface area contributed by atoms with E-state index in [0.717, 1.165) is 12.8 Å². The lowest BCUT2D eigenvalue weighted by molar-refractivity contribution is 0.0963. The lowest BCUT2D eigenvalue weighted by Gasteiger charge is -2.09. The molecule has 1 amide bonds. The molecule has 16 heavy (non-hydrogen) atoms. The monoisotopic (exact) mass is 222 g/mol.